The molecule has 0 spiro atoms. The third-order valence-electron chi connectivity index (χ3n) is 6.48. The summed E-state index contributed by atoms with van der Waals surface area (Å²) in [5, 5.41) is 6.43. The number of furan rings is 1. The summed E-state index contributed by atoms with van der Waals surface area (Å²) >= 11 is 1.92. The van der Waals surface area contributed by atoms with E-state index in [1.54, 1.807) is 12.1 Å². The van der Waals surface area contributed by atoms with Crippen molar-refractivity contribution in [3.05, 3.63) is 88.9 Å². The third-order valence-corrected chi connectivity index (χ3v) is 7.42. The van der Waals surface area contributed by atoms with Crippen molar-refractivity contribution in [1.29, 1.82) is 0 Å². The first-order valence-electron chi connectivity index (χ1n) is 12.0. The van der Waals surface area contributed by atoms with Crippen LogP contribution in [-0.2, 0) is 5.75 Å². The molecule has 1 unspecified atom stereocenters. The second-order valence-electron chi connectivity index (χ2n) is 8.89. The quantitative estimate of drug-likeness (QED) is 0.452. The van der Waals surface area contributed by atoms with E-state index in [-0.39, 0.29) is 29.7 Å². The average molecular weight is 488 g/mol. The van der Waals surface area contributed by atoms with Crippen LogP contribution in [0.15, 0.2) is 65.3 Å². The van der Waals surface area contributed by atoms with Crippen molar-refractivity contribution in [1.82, 2.24) is 10.2 Å². The first kappa shape index (κ1) is 23.3. The van der Waals surface area contributed by atoms with Gasteiger partial charge in [-0.1, -0.05) is 49.4 Å². The van der Waals surface area contributed by atoms with E-state index in [4.69, 9.17) is 4.42 Å². The largest absolute Gasteiger partial charge is 0.459 e. The highest BCUT2D eigenvalue weighted by atomic mass is 32.2. The summed E-state index contributed by atoms with van der Waals surface area (Å²) in [6, 6.07) is 17.8. The van der Waals surface area contributed by atoms with Crippen molar-refractivity contribution in [2.24, 2.45) is 0 Å². The number of thioether (sulfide) groups is 1. The summed E-state index contributed by atoms with van der Waals surface area (Å²) in [6.45, 7) is 3.31. The summed E-state index contributed by atoms with van der Waals surface area (Å²) in [6.07, 6.45) is 6.31. The van der Waals surface area contributed by atoms with E-state index in [9.17, 15) is 9.59 Å². The maximum Gasteiger partial charge on any atom is 0.287 e. The van der Waals surface area contributed by atoms with Gasteiger partial charge in [0.1, 0.15) is 0 Å². The predicted octanol–water partition coefficient (Wildman–Crippen LogP) is 5.14. The molecule has 2 aliphatic heterocycles. The molecule has 180 valence electrons. The van der Waals surface area contributed by atoms with Gasteiger partial charge in [0.05, 0.1) is 17.9 Å². The summed E-state index contributed by atoms with van der Waals surface area (Å²) in [5.74, 6) is 2.19. The van der Waals surface area contributed by atoms with Crippen molar-refractivity contribution in [2.75, 3.05) is 24.2 Å². The molecule has 5 rings (SSSR count). The fourth-order valence-electron chi connectivity index (χ4n) is 4.64. The van der Waals surface area contributed by atoms with Gasteiger partial charge in [0.25, 0.3) is 11.8 Å². The third kappa shape index (κ3) is 5.30. The van der Waals surface area contributed by atoms with Crippen LogP contribution in [-0.4, -0.2) is 47.6 Å². The Hall–Kier alpha value is -3.45. The SMILES string of the molecule is CCSCc1ccc(/C=C/c2ccc3c(c2)C(=O)N2CC(NC(=O)c4ccco4)C[C@H]2CN3)cc1. The molecule has 0 bridgehead atoms. The summed E-state index contributed by atoms with van der Waals surface area (Å²) in [7, 11) is 0. The van der Waals surface area contributed by atoms with E-state index in [0.717, 1.165) is 28.3 Å². The zero-order valence-electron chi connectivity index (χ0n) is 19.7. The Morgan fingerprint density at radius 1 is 1.17 bits per heavy atom. The highest BCUT2D eigenvalue weighted by molar-refractivity contribution is 7.98. The number of amides is 2. The Balaban J connectivity index is 1.27. The topological polar surface area (TPSA) is 74.6 Å². The van der Waals surface area contributed by atoms with E-state index in [1.807, 2.05) is 40.9 Å². The lowest BCUT2D eigenvalue weighted by atomic mass is 10.1. The summed E-state index contributed by atoms with van der Waals surface area (Å²) in [4.78, 5) is 27.7. The van der Waals surface area contributed by atoms with Crippen LogP contribution in [0.1, 0.15) is 50.9 Å². The maximum absolute atomic E-state index is 13.5. The lowest BCUT2D eigenvalue weighted by molar-refractivity contribution is 0.0743. The van der Waals surface area contributed by atoms with Crippen LogP contribution in [0.2, 0.25) is 0 Å². The van der Waals surface area contributed by atoms with Crippen LogP contribution in [0.4, 0.5) is 5.69 Å². The number of hydrogen-bond donors (Lipinski definition) is 2. The minimum absolute atomic E-state index is 0.00206. The van der Waals surface area contributed by atoms with Crippen molar-refractivity contribution >= 4 is 41.4 Å². The highest BCUT2D eigenvalue weighted by Crippen LogP contribution is 2.29. The Bertz CT molecular complexity index is 1220. The van der Waals surface area contributed by atoms with Crippen LogP contribution in [0.5, 0.6) is 0 Å². The molecule has 2 aliphatic rings. The fourth-order valence-corrected chi connectivity index (χ4v) is 5.28. The standard InChI is InChI=1S/C28H29N3O3S/c1-2-35-18-21-9-6-19(7-10-21)5-8-20-11-12-25-24(14-20)28(33)31-17-22(15-23(31)16-29-25)30-27(32)26-4-3-13-34-26/h3-14,22-23,29H,2,15-18H2,1H3,(H,30,32)/b8-5+/t22?,23-/m0/s1. The molecule has 7 heteroatoms. The van der Waals surface area contributed by atoms with E-state index in [2.05, 4.69) is 47.9 Å². The Kier molecular flexibility index (Phi) is 6.95. The minimum atomic E-state index is -0.247. The van der Waals surface area contributed by atoms with Gasteiger partial charge in [-0.2, -0.15) is 11.8 Å². The average Bonchev–Trinajstić information content (AvgIpc) is 3.54. The molecular formula is C28H29N3O3S. The zero-order chi connectivity index (χ0) is 24.2. The highest BCUT2D eigenvalue weighted by Gasteiger charge is 2.39. The van der Waals surface area contributed by atoms with E-state index < -0.39 is 0 Å². The van der Waals surface area contributed by atoms with E-state index in [1.165, 1.54) is 11.8 Å². The summed E-state index contributed by atoms with van der Waals surface area (Å²) < 4.78 is 5.19. The van der Waals surface area contributed by atoms with Crippen molar-refractivity contribution in [3.63, 3.8) is 0 Å². The predicted molar refractivity (Wildman–Crippen MR) is 142 cm³/mol. The first-order valence-corrected chi connectivity index (χ1v) is 13.1. The maximum atomic E-state index is 13.5. The van der Waals surface area contributed by atoms with Crippen LogP contribution in [0, 0.1) is 0 Å². The molecule has 2 aromatic carbocycles. The van der Waals surface area contributed by atoms with Gasteiger partial charge in [0.15, 0.2) is 5.76 Å². The number of carbonyl (C=O) groups is 2. The molecule has 1 aromatic heterocycles. The molecule has 2 N–H and O–H groups in total. The molecule has 3 heterocycles. The van der Waals surface area contributed by atoms with Crippen LogP contribution in [0.25, 0.3) is 12.2 Å². The molecule has 1 fully saturated rings. The van der Waals surface area contributed by atoms with Gasteiger partial charge < -0.3 is 20.0 Å². The normalized spacial score (nSPS) is 19.2. The second-order valence-corrected chi connectivity index (χ2v) is 10.2. The van der Waals surface area contributed by atoms with Gasteiger partial charge >= 0.3 is 0 Å². The van der Waals surface area contributed by atoms with Gasteiger partial charge in [0.2, 0.25) is 0 Å². The Labute approximate surface area is 209 Å². The van der Waals surface area contributed by atoms with Gasteiger partial charge in [-0.25, -0.2) is 0 Å². The minimum Gasteiger partial charge on any atom is -0.459 e. The van der Waals surface area contributed by atoms with Crippen molar-refractivity contribution < 1.29 is 14.0 Å². The van der Waals surface area contributed by atoms with Crippen LogP contribution in [0.3, 0.4) is 0 Å². The number of rotatable bonds is 7. The van der Waals surface area contributed by atoms with Crippen molar-refractivity contribution in [2.45, 2.75) is 31.2 Å². The molecular weight excluding hydrogens is 458 g/mol. The van der Waals surface area contributed by atoms with Gasteiger partial charge in [-0.15, -0.1) is 0 Å². The molecule has 0 radical (unpaired) electrons. The number of benzene rings is 2. The first-order chi connectivity index (χ1) is 17.1. The molecule has 35 heavy (non-hydrogen) atoms. The smallest absolute Gasteiger partial charge is 0.287 e. The van der Waals surface area contributed by atoms with Gasteiger partial charge in [-0.3, -0.25) is 9.59 Å². The lowest BCUT2D eigenvalue weighted by Gasteiger charge is -2.21. The number of nitrogens with zero attached hydrogens (tertiary/aromatic N) is 1. The Morgan fingerprint density at radius 2 is 1.97 bits per heavy atom. The van der Waals surface area contributed by atoms with Crippen molar-refractivity contribution in [3.8, 4) is 0 Å². The number of carbonyl (C=O) groups excluding carboxylic acids is 2. The lowest BCUT2D eigenvalue weighted by Crippen LogP contribution is -2.39. The molecule has 2 atom stereocenters. The second kappa shape index (κ2) is 10.4. The number of hydrogen-bond acceptors (Lipinski definition) is 5. The van der Waals surface area contributed by atoms with Crippen LogP contribution < -0.4 is 10.6 Å². The van der Waals surface area contributed by atoms with Crippen LogP contribution >= 0.6 is 11.8 Å². The molecule has 6 nitrogen and oxygen atoms in total. The zero-order valence-corrected chi connectivity index (χ0v) is 20.5. The van der Waals surface area contributed by atoms with Gasteiger partial charge in [-0.05, 0) is 53.1 Å². The molecule has 3 aromatic rings. The monoisotopic (exact) mass is 487 g/mol. The number of anilines is 1. The molecule has 0 aliphatic carbocycles. The summed E-state index contributed by atoms with van der Waals surface area (Å²) in [5.41, 5.74) is 4.96. The molecule has 2 amide bonds. The van der Waals surface area contributed by atoms with E-state index in [0.29, 0.717) is 25.1 Å². The van der Waals surface area contributed by atoms with E-state index >= 15 is 0 Å². The molecule has 1 saturated heterocycles. The molecule has 0 saturated carbocycles. The number of nitrogens with one attached hydrogen (secondary N) is 2. The number of fused-ring (bicyclic) bond motifs is 2. The van der Waals surface area contributed by atoms with Gasteiger partial charge in [0, 0.05) is 30.6 Å². The fraction of sp³-hybridized carbons (Fsp3) is 0.286. The Morgan fingerprint density at radius 3 is 2.74 bits per heavy atom.